The Morgan fingerprint density at radius 1 is 1.16 bits per heavy atom. The third-order valence-electron chi connectivity index (χ3n) is 2.94. The summed E-state index contributed by atoms with van der Waals surface area (Å²) in [5.41, 5.74) is 5.83. The highest BCUT2D eigenvalue weighted by atomic mass is 79.9. The van der Waals surface area contributed by atoms with Crippen molar-refractivity contribution < 1.29 is 23.5 Å². The first-order valence-corrected chi connectivity index (χ1v) is 7.73. The van der Waals surface area contributed by atoms with E-state index < -0.39 is 30.3 Å². The second-order valence-electron chi connectivity index (χ2n) is 4.79. The Kier molecular flexibility index (Phi) is 6.07. The van der Waals surface area contributed by atoms with Crippen LogP contribution in [0.5, 0.6) is 0 Å². The SMILES string of the molecule is Nc1ccc(Br)cc1C(=O)OCC(=O)NC(=O)Nc1ccccc1F. The molecule has 0 saturated carbocycles. The molecule has 2 rings (SSSR count). The number of hydrogen-bond acceptors (Lipinski definition) is 5. The smallest absolute Gasteiger partial charge is 0.340 e. The molecule has 2 aromatic carbocycles. The molecular weight excluding hydrogens is 397 g/mol. The van der Waals surface area contributed by atoms with Crippen LogP contribution in [-0.2, 0) is 9.53 Å². The molecule has 3 amide bonds. The summed E-state index contributed by atoms with van der Waals surface area (Å²) in [5.74, 6) is -2.35. The molecule has 0 unspecified atom stereocenters. The lowest BCUT2D eigenvalue weighted by Gasteiger charge is -2.09. The molecule has 0 aliphatic carbocycles. The van der Waals surface area contributed by atoms with Crippen molar-refractivity contribution in [2.45, 2.75) is 0 Å². The predicted molar refractivity (Wildman–Crippen MR) is 92.4 cm³/mol. The Labute approximate surface area is 150 Å². The van der Waals surface area contributed by atoms with Crippen molar-refractivity contribution in [1.29, 1.82) is 0 Å². The van der Waals surface area contributed by atoms with Gasteiger partial charge in [0.2, 0.25) is 0 Å². The summed E-state index contributed by atoms with van der Waals surface area (Å²) in [6.45, 7) is -0.699. The molecule has 7 nitrogen and oxygen atoms in total. The van der Waals surface area contributed by atoms with Gasteiger partial charge in [-0.3, -0.25) is 10.1 Å². The maximum Gasteiger partial charge on any atom is 0.340 e. The quantitative estimate of drug-likeness (QED) is 0.530. The summed E-state index contributed by atoms with van der Waals surface area (Å²) >= 11 is 3.19. The number of halogens is 2. The largest absolute Gasteiger partial charge is 0.452 e. The van der Waals surface area contributed by atoms with Gasteiger partial charge in [-0.15, -0.1) is 0 Å². The van der Waals surface area contributed by atoms with E-state index in [1.54, 1.807) is 6.07 Å². The molecule has 0 aliphatic rings. The van der Waals surface area contributed by atoms with Crippen molar-refractivity contribution in [1.82, 2.24) is 5.32 Å². The molecule has 0 fully saturated rings. The minimum Gasteiger partial charge on any atom is -0.452 e. The van der Waals surface area contributed by atoms with Crippen LogP contribution < -0.4 is 16.4 Å². The highest BCUT2D eigenvalue weighted by Gasteiger charge is 2.15. The van der Waals surface area contributed by atoms with Crippen LogP contribution in [0.15, 0.2) is 46.9 Å². The number of anilines is 2. The molecule has 2 aromatic rings. The topological polar surface area (TPSA) is 111 Å². The zero-order chi connectivity index (χ0) is 18.4. The van der Waals surface area contributed by atoms with Crippen LogP contribution in [0.2, 0.25) is 0 Å². The first-order chi connectivity index (χ1) is 11.9. The van der Waals surface area contributed by atoms with E-state index in [9.17, 15) is 18.8 Å². The number of ether oxygens (including phenoxy) is 1. The van der Waals surface area contributed by atoms with Crippen LogP contribution in [0.1, 0.15) is 10.4 Å². The zero-order valence-corrected chi connectivity index (χ0v) is 14.3. The second kappa shape index (κ2) is 8.25. The predicted octanol–water partition coefficient (Wildman–Crippen LogP) is 2.68. The van der Waals surface area contributed by atoms with Gasteiger partial charge in [0.1, 0.15) is 5.82 Å². The van der Waals surface area contributed by atoms with Crippen LogP contribution >= 0.6 is 15.9 Å². The molecule has 0 aliphatic heterocycles. The molecular formula is C16H13BrFN3O4. The molecule has 0 radical (unpaired) electrons. The molecule has 4 N–H and O–H groups in total. The van der Waals surface area contributed by atoms with Gasteiger partial charge < -0.3 is 15.8 Å². The number of hydrogen-bond donors (Lipinski definition) is 3. The molecule has 25 heavy (non-hydrogen) atoms. The number of amides is 3. The maximum absolute atomic E-state index is 13.4. The van der Waals surface area contributed by atoms with E-state index in [2.05, 4.69) is 21.2 Å². The van der Waals surface area contributed by atoms with Gasteiger partial charge in [0.05, 0.1) is 11.3 Å². The number of nitrogens with one attached hydrogen (secondary N) is 2. The molecule has 0 heterocycles. The molecule has 9 heteroatoms. The van der Waals surface area contributed by atoms with Gasteiger partial charge in [-0.05, 0) is 30.3 Å². The summed E-state index contributed by atoms with van der Waals surface area (Å²) in [6, 6.07) is 9.10. The van der Waals surface area contributed by atoms with E-state index in [1.165, 1.54) is 30.3 Å². The number of benzene rings is 2. The van der Waals surface area contributed by atoms with Crippen LogP contribution in [0, 0.1) is 5.82 Å². The van der Waals surface area contributed by atoms with Crippen molar-refractivity contribution in [2.75, 3.05) is 17.7 Å². The zero-order valence-electron chi connectivity index (χ0n) is 12.7. The van der Waals surface area contributed by atoms with E-state index in [4.69, 9.17) is 10.5 Å². The summed E-state index contributed by atoms with van der Waals surface area (Å²) < 4.78 is 18.8. The second-order valence-corrected chi connectivity index (χ2v) is 5.71. The van der Waals surface area contributed by atoms with Gasteiger partial charge in [0.25, 0.3) is 5.91 Å². The lowest BCUT2D eigenvalue weighted by Crippen LogP contribution is -2.37. The number of para-hydroxylation sites is 1. The molecule has 0 bridgehead atoms. The van der Waals surface area contributed by atoms with Gasteiger partial charge in [0, 0.05) is 10.2 Å². The average molecular weight is 410 g/mol. The maximum atomic E-state index is 13.4. The Bertz CT molecular complexity index is 829. The Morgan fingerprint density at radius 3 is 2.60 bits per heavy atom. The van der Waals surface area contributed by atoms with E-state index in [0.29, 0.717) is 4.47 Å². The summed E-state index contributed by atoms with van der Waals surface area (Å²) in [5, 5.41) is 4.08. The average Bonchev–Trinajstić information content (AvgIpc) is 2.57. The van der Waals surface area contributed by atoms with Crippen LogP contribution in [0.3, 0.4) is 0 Å². The van der Waals surface area contributed by atoms with Crippen LogP contribution in [0.4, 0.5) is 20.6 Å². The molecule has 0 spiro atoms. The number of nitrogens with two attached hydrogens (primary N) is 1. The van der Waals surface area contributed by atoms with Crippen molar-refractivity contribution in [3.05, 3.63) is 58.3 Å². The normalized spacial score (nSPS) is 10.0. The molecule has 130 valence electrons. The fraction of sp³-hybridized carbons (Fsp3) is 0.0625. The molecule has 0 aromatic heterocycles. The molecule has 0 atom stereocenters. The van der Waals surface area contributed by atoms with Gasteiger partial charge in [0.15, 0.2) is 6.61 Å². The fourth-order valence-electron chi connectivity index (χ4n) is 1.79. The summed E-state index contributed by atoms with van der Waals surface area (Å²) in [7, 11) is 0. The number of carbonyl (C=O) groups excluding carboxylic acids is 3. The fourth-order valence-corrected chi connectivity index (χ4v) is 2.15. The number of imide groups is 1. The van der Waals surface area contributed by atoms with Gasteiger partial charge in [-0.25, -0.2) is 14.0 Å². The highest BCUT2D eigenvalue weighted by Crippen LogP contribution is 2.19. The first kappa shape index (κ1) is 18.4. The lowest BCUT2D eigenvalue weighted by atomic mass is 10.2. The van der Waals surface area contributed by atoms with E-state index in [-0.39, 0.29) is 16.9 Å². The van der Waals surface area contributed by atoms with E-state index in [1.807, 2.05) is 5.32 Å². The Hall–Kier alpha value is -2.94. The van der Waals surface area contributed by atoms with E-state index in [0.717, 1.165) is 6.07 Å². The van der Waals surface area contributed by atoms with Crippen LogP contribution in [0.25, 0.3) is 0 Å². The molecule has 0 saturated heterocycles. The monoisotopic (exact) mass is 409 g/mol. The number of nitrogen functional groups attached to an aromatic ring is 1. The van der Waals surface area contributed by atoms with Gasteiger partial charge in [-0.2, -0.15) is 0 Å². The number of esters is 1. The van der Waals surface area contributed by atoms with Crippen LogP contribution in [-0.4, -0.2) is 24.5 Å². The lowest BCUT2D eigenvalue weighted by molar-refractivity contribution is -0.123. The highest BCUT2D eigenvalue weighted by molar-refractivity contribution is 9.10. The number of urea groups is 1. The third kappa shape index (κ3) is 5.28. The summed E-state index contributed by atoms with van der Waals surface area (Å²) in [4.78, 5) is 35.1. The van der Waals surface area contributed by atoms with Crippen molar-refractivity contribution in [3.8, 4) is 0 Å². The minimum absolute atomic E-state index is 0.0815. The van der Waals surface area contributed by atoms with Crippen molar-refractivity contribution >= 4 is 45.2 Å². The third-order valence-corrected chi connectivity index (χ3v) is 3.44. The standard InChI is InChI=1S/C16H13BrFN3O4/c17-9-5-6-12(19)10(7-9)15(23)25-8-14(22)21-16(24)20-13-4-2-1-3-11(13)18/h1-7H,8,19H2,(H2,20,21,22,24). The number of carbonyl (C=O) groups is 3. The number of rotatable bonds is 4. The van der Waals surface area contributed by atoms with Crippen molar-refractivity contribution in [3.63, 3.8) is 0 Å². The minimum atomic E-state index is -0.951. The Balaban J connectivity index is 1.86. The Morgan fingerprint density at radius 2 is 1.88 bits per heavy atom. The summed E-state index contributed by atoms with van der Waals surface area (Å²) in [6.07, 6.45) is 0. The van der Waals surface area contributed by atoms with Crippen molar-refractivity contribution in [2.24, 2.45) is 0 Å². The van der Waals surface area contributed by atoms with Gasteiger partial charge >= 0.3 is 12.0 Å². The van der Waals surface area contributed by atoms with E-state index >= 15 is 0 Å². The van der Waals surface area contributed by atoms with Gasteiger partial charge in [-0.1, -0.05) is 28.1 Å². The first-order valence-electron chi connectivity index (χ1n) is 6.94.